The first-order valence-electron chi connectivity index (χ1n) is 23.2. The summed E-state index contributed by atoms with van der Waals surface area (Å²) in [5.74, 6) is 0. The van der Waals surface area contributed by atoms with E-state index in [9.17, 15) is 0 Å². The third-order valence-electron chi connectivity index (χ3n) is 13.7. The SMILES string of the molecule is Cl.Cl.Cl.Cl.Cl.Cl.Cl.Cl.c1cc(CN2CCNCCN3CCN(CC3)CC2)nc(CN2CCN3CCN(CC2)CCN(Cc2cccc(CN4CCNCCN5CCN(CC5)CC4)n2)CC3)c1. The molecular weight excluding hydrogens is 1010 g/mol. The predicted molar refractivity (Wildman–Crippen MR) is 292 cm³/mol. The first-order valence-corrected chi connectivity index (χ1v) is 23.2. The molecule has 10 heterocycles. The van der Waals surface area contributed by atoms with Crippen LogP contribution in [0.4, 0.5) is 0 Å². The van der Waals surface area contributed by atoms with Crippen molar-refractivity contribution in [2.45, 2.75) is 26.2 Å². The molecule has 2 N–H and O–H groups in total. The summed E-state index contributed by atoms with van der Waals surface area (Å²) >= 11 is 0. The summed E-state index contributed by atoms with van der Waals surface area (Å²) in [7, 11) is 0. The monoisotopic (exact) mass is 1090 g/mol. The summed E-state index contributed by atoms with van der Waals surface area (Å²) in [5.41, 5.74) is 4.86. The molecule has 14 nitrogen and oxygen atoms in total. The van der Waals surface area contributed by atoms with Crippen LogP contribution in [0.1, 0.15) is 22.8 Å². The fourth-order valence-electron chi connectivity index (χ4n) is 9.73. The van der Waals surface area contributed by atoms with Gasteiger partial charge in [-0.25, -0.2) is 0 Å². The molecule has 8 fully saturated rings. The van der Waals surface area contributed by atoms with E-state index in [4.69, 9.17) is 9.97 Å². The summed E-state index contributed by atoms with van der Waals surface area (Å²) in [5, 5.41) is 7.41. The Morgan fingerprint density at radius 1 is 0.273 bits per heavy atom. The number of fused-ring (bicyclic) bond motifs is 21. The molecule has 0 atom stereocenters. The van der Waals surface area contributed by atoms with Crippen LogP contribution in [0.25, 0.3) is 0 Å². The number of nitrogens with zero attached hydrogens (tertiary/aromatic N) is 12. The molecule has 8 aliphatic rings. The topological polar surface area (TPSA) is 82.2 Å². The third-order valence-corrected chi connectivity index (χ3v) is 13.7. The summed E-state index contributed by atoms with van der Waals surface area (Å²) in [6, 6.07) is 13.5. The van der Waals surface area contributed by atoms with Gasteiger partial charge >= 0.3 is 0 Å². The third kappa shape index (κ3) is 22.3. The Balaban J connectivity index is 0.00000528. The molecule has 2 aromatic heterocycles. The number of rotatable bonds is 8. The molecule has 0 aromatic carbocycles. The molecule has 0 unspecified atom stereocenters. The Bertz CT molecular complexity index is 1390. The van der Waals surface area contributed by atoms with E-state index in [1.54, 1.807) is 0 Å². The minimum Gasteiger partial charge on any atom is -0.314 e. The highest BCUT2D eigenvalue weighted by Crippen LogP contribution is 2.13. The Morgan fingerprint density at radius 3 is 0.727 bits per heavy atom. The molecule has 0 spiro atoms. The van der Waals surface area contributed by atoms with Crippen LogP contribution in [-0.4, -0.2) is 255 Å². The van der Waals surface area contributed by atoms with Crippen LogP contribution in [0.5, 0.6) is 0 Å². The van der Waals surface area contributed by atoms with E-state index >= 15 is 0 Å². The van der Waals surface area contributed by atoms with Gasteiger partial charge in [0.2, 0.25) is 0 Å². The highest BCUT2D eigenvalue weighted by molar-refractivity contribution is 5.86. The van der Waals surface area contributed by atoms with Crippen molar-refractivity contribution < 1.29 is 0 Å². The van der Waals surface area contributed by atoms with E-state index in [2.05, 4.69) is 96.0 Å². The van der Waals surface area contributed by atoms with Crippen molar-refractivity contribution in [3.05, 3.63) is 59.2 Å². The van der Waals surface area contributed by atoms with Crippen molar-refractivity contribution in [1.29, 1.82) is 0 Å². The van der Waals surface area contributed by atoms with Crippen LogP contribution in [0, 0.1) is 0 Å². The quantitative estimate of drug-likeness (QED) is 0.407. The summed E-state index contributed by atoms with van der Waals surface area (Å²) in [6.45, 7) is 37.8. The number of nitrogens with one attached hydrogen (secondary N) is 2. The Labute approximate surface area is 447 Å². The standard InChI is InChI=1S/C44H76N14.8ClH/c1-3-41(37-55-13-9-45-7-11-49-15-19-51(20-16-49)25-31-55)47-43(5-1)39-57-33-27-53-23-24-54(28-34-57)30-36-58(35-29-53)40-44-6-2-4-42(48-44)38-56-14-10-46-8-12-50-17-21-52(22-18-50)26-32-56;;;;;;;;/h1-6,45-46H,7-40H2;8*1H. The molecular formula is C44H84Cl8N14. The van der Waals surface area contributed by atoms with Gasteiger partial charge in [-0.15, -0.1) is 99.3 Å². The number of hydrogen-bond donors (Lipinski definition) is 2. The van der Waals surface area contributed by atoms with Crippen molar-refractivity contribution in [2.24, 2.45) is 0 Å². The zero-order valence-corrected chi connectivity index (χ0v) is 45.7. The fourth-order valence-corrected chi connectivity index (χ4v) is 9.73. The molecule has 0 radical (unpaired) electrons. The second kappa shape index (κ2) is 36.1. The minimum atomic E-state index is 0. The first kappa shape index (κ1) is 66.1. The number of hydrogen-bond acceptors (Lipinski definition) is 14. The van der Waals surface area contributed by atoms with Crippen molar-refractivity contribution in [1.82, 2.24) is 69.6 Å². The molecule has 8 aliphatic heterocycles. The van der Waals surface area contributed by atoms with Gasteiger partial charge in [-0.1, -0.05) is 12.1 Å². The minimum absolute atomic E-state index is 0. The van der Waals surface area contributed by atoms with Crippen molar-refractivity contribution in [3.63, 3.8) is 0 Å². The lowest BCUT2D eigenvalue weighted by Gasteiger charge is -2.36. The van der Waals surface area contributed by atoms with Gasteiger partial charge in [-0.2, -0.15) is 0 Å². The second-order valence-electron chi connectivity index (χ2n) is 17.9. The van der Waals surface area contributed by atoms with Gasteiger partial charge < -0.3 is 10.6 Å². The van der Waals surface area contributed by atoms with E-state index < -0.39 is 0 Å². The summed E-state index contributed by atoms with van der Waals surface area (Å²) in [6.07, 6.45) is 0. The molecule has 2 aromatic rings. The van der Waals surface area contributed by atoms with Crippen LogP contribution >= 0.6 is 99.3 Å². The highest BCUT2D eigenvalue weighted by Gasteiger charge is 2.23. The molecule has 10 rings (SSSR count). The molecule has 0 amide bonds. The van der Waals surface area contributed by atoms with Gasteiger partial charge in [0.15, 0.2) is 0 Å². The maximum absolute atomic E-state index is 5.27. The maximum Gasteiger partial charge on any atom is 0.0547 e. The molecule has 0 saturated carbocycles. The number of piperazine rings is 2. The smallest absolute Gasteiger partial charge is 0.0547 e. The van der Waals surface area contributed by atoms with Gasteiger partial charge in [-0.3, -0.25) is 59.0 Å². The molecule has 6 bridgehead atoms. The average Bonchev–Trinajstić information content (AvgIpc) is 3.39. The van der Waals surface area contributed by atoms with E-state index in [1.165, 1.54) is 88.2 Å². The summed E-state index contributed by atoms with van der Waals surface area (Å²) < 4.78 is 0. The Kier molecular flexibility index (Phi) is 36.2. The largest absolute Gasteiger partial charge is 0.314 e. The zero-order chi connectivity index (χ0) is 39.2. The molecule has 0 aliphatic carbocycles. The van der Waals surface area contributed by atoms with E-state index in [1.807, 2.05) is 0 Å². The average molecular weight is 1090 g/mol. The Morgan fingerprint density at radius 2 is 0.470 bits per heavy atom. The van der Waals surface area contributed by atoms with Crippen molar-refractivity contribution in [3.8, 4) is 0 Å². The van der Waals surface area contributed by atoms with Crippen molar-refractivity contribution in [2.75, 3.05) is 196 Å². The summed E-state index contributed by atoms with van der Waals surface area (Å²) in [4.78, 5) is 37.1. The predicted octanol–water partition coefficient (Wildman–Crippen LogP) is 2.83. The molecule has 8 saturated heterocycles. The highest BCUT2D eigenvalue weighted by atomic mass is 35.5. The Hall–Kier alpha value is 0.140. The van der Waals surface area contributed by atoms with Gasteiger partial charge in [0.1, 0.15) is 0 Å². The van der Waals surface area contributed by atoms with E-state index in [-0.39, 0.29) is 99.3 Å². The lowest BCUT2D eigenvalue weighted by molar-refractivity contribution is 0.112. The number of halogens is 8. The van der Waals surface area contributed by atoms with Crippen LogP contribution in [0.15, 0.2) is 36.4 Å². The van der Waals surface area contributed by atoms with Crippen LogP contribution in [0.3, 0.4) is 0 Å². The van der Waals surface area contributed by atoms with Gasteiger partial charge in [0, 0.05) is 223 Å². The maximum atomic E-state index is 5.27. The van der Waals surface area contributed by atoms with Crippen LogP contribution < -0.4 is 10.6 Å². The van der Waals surface area contributed by atoms with Gasteiger partial charge in [-0.05, 0) is 24.3 Å². The second-order valence-corrected chi connectivity index (χ2v) is 17.9. The van der Waals surface area contributed by atoms with E-state index in [0.29, 0.717) is 0 Å². The molecule has 66 heavy (non-hydrogen) atoms. The molecule has 386 valence electrons. The first-order chi connectivity index (χ1) is 28.6. The number of aromatic nitrogens is 2. The number of pyridine rings is 2. The fraction of sp³-hybridized carbons (Fsp3) is 0.773. The normalized spacial score (nSPS) is 27.5. The van der Waals surface area contributed by atoms with E-state index in [0.717, 1.165) is 157 Å². The van der Waals surface area contributed by atoms with Crippen LogP contribution in [0.2, 0.25) is 0 Å². The van der Waals surface area contributed by atoms with Gasteiger partial charge in [0.05, 0.1) is 22.8 Å². The lowest BCUT2D eigenvalue weighted by atomic mass is 10.2. The molecule has 22 heteroatoms. The van der Waals surface area contributed by atoms with Crippen molar-refractivity contribution >= 4 is 99.3 Å². The zero-order valence-electron chi connectivity index (χ0n) is 39.1. The lowest BCUT2D eigenvalue weighted by Crippen LogP contribution is -2.51. The van der Waals surface area contributed by atoms with Gasteiger partial charge in [0.25, 0.3) is 0 Å². The van der Waals surface area contributed by atoms with Crippen LogP contribution in [-0.2, 0) is 26.2 Å².